The smallest absolute Gasteiger partial charge is 0.258 e. The maximum Gasteiger partial charge on any atom is 0.268 e. The Morgan fingerprint density at radius 2 is 2.45 bits per heavy atom. The molecule has 0 spiro atoms. The molecule has 1 rings (SSSR count). The first-order valence-corrected chi connectivity index (χ1v) is 3.24. The van der Waals surface area contributed by atoms with Gasteiger partial charge in [-0.05, 0) is 6.92 Å². The monoisotopic (exact) mass is 157 g/mol. The summed E-state index contributed by atoms with van der Waals surface area (Å²) >= 11 is 0. The van der Waals surface area contributed by atoms with E-state index in [0.29, 0.717) is 0 Å². The summed E-state index contributed by atoms with van der Waals surface area (Å²) in [4.78, 5) is 9.57. The molecule has 0 amide bonds. The van der Waals surface area contributed by atoms with Crippen LogP contribution in [0.2, 0.25) is 0 Å². The average Bonchev–Trinajstić information content (AvgIpc) is 1.85. The van der Waals surface area contributed by atoms with Gasteiger partial charge in [-0.3, -0.25) is 10.1 Å². The summed E-state index contributed by atoms with van der Waals surface area (Å²) in [5.41, 5.74) is -1.72. The molecule has 0 radical (unpaired) electrons. The van der Waals surface area contributed by atoms with Crippen LogP contribution < -0.4 is 0 Å². The predicted molar refractivity (Wildman–Crippen MR) is 38.3 cm³/mol. The number of hydrogen-bond donors (Lipinski definition) is 0. The molecule has 0 aromatic heterocycles. The molecule has 0 saturated carbocycles. The van der Waals surface area contributed by atoms with E-state index in [4.69, 9.17) is 0 Å². The normalized spacial score (nSPS) is 29.8. The molecule has 0 aromatic rings. The van der Waals surface area contributed by atoms with E-state index in [2.05, 4.69) is 0 Å². The van der Waals surface area contributed by atoms with Crippen molar-refractivity contribution in [2.45, 2.75) is 19.0 Å². The molecule has 1 aliphatic carbocycles. The second-order valence-corrected chi connectivity index (χ2v) is 2.71. The number of rotatable bonds is 1. The van der Waals surface area contributed by atoms with Crippen LogP contribution in [-0.2, 0) is 0 Å². The van der Waals surface area contributed by atoms with Gasteiger partial charge in [0.1, 0.15) is 5.67 Å². The van der Waals surface area contributed by atoms with E-state index in [-0.39, 0.29) is 12.1 Å². The maximum atomic E-state index is 13.0. The van der Waals surface area contributed by atoms with Gasteiger partial charge in [0, 0.05) is 18.6 Å². The molecule has 60 valence electrons. The van der Waals surface area contributed by atoms with Gasteiger partial charge in [0.05, 0.1) is 4.92 Å². The van der Waals surface area contributed by atoms with Crippen molar-refractivity contribution >= 4 is 0 Å². The first-order chi connectivity index (χ1) is 5.01. The molecule has 0 fully saturated rings. The van der Waals surface area contributed by atoms with Crippen molar-refractivity contribution in [1.29, 1.82) is 0 Å². The summed E-state index contributed by atoms with van der Waals surface area (Å²) < 4.78 is 13.0. The van der Waals surface area contributed by atoms with E-state index in [0.717, 1.165) is 6.08 Å². The zero-order valence-corrected chi connectivity index (χ0v) is 6.08. The lowest BCUT2D eigenvalue weighted by molar-refractivity contribution is -0.420. The fourth-order valence-corrected chi connectivity index (χ4v) is 0.939. The Bertz CT molecular complexity index is 243. The lowest BCUT2D eigenvalue weighted by atomic mass is 9.98. The summed E-state index contributed by atoms with van der Waals surface area (Å²) in [7, 11) is 0. The molecule has 0 saturated heterocycles. The number of hydrogen-bond acceptors (Lipinski definition) is 2. The highest BCUT2D eigenvalue weighted by molar-refractivity contribution is 5.22. The Kier molecular flexibility index (Phi) is 1.76. The third-order valence-electron chi connectivity index (χ3n) is 1.47. The summed E-state index contributed by atoms with van der Waals surface area (Å²) in [5.74, 6) is 0. The van der Waals surface area contributed by atoms with Crippen molar-refractivity contribution in [3.05, 3.63) is 34.0 Å². The van der Waals surface area contributed by atoms with Crippen molar-refractivity contribution in [3.8, 4) is 0 Å². The van der Waals surface area contributed by atoms with Crippen molar-refractivity contribution in [2.75, 3.05) is 0 Å². The molecule has 0 bridgehead atoms. The third-order valence-corrected chi connectivity index (χ3v) is 1.47. The minimum absolute atomic E-state index is 0.166. The van der Waals surface area contributed by atoms with Gasteiger partial charge in [0.15, 0.2) is 0 Å². The van der Waals surface area contributed by atoms with Gasteiger partial charge in [0.25, 0.3) is 5.70 Å². The van der Waals surface area contributed by atoms with Crippen LogP contribution in [0.4, 0.5) is 4.39 Å². The van der Waals surface area contributed by atoms with E-state index in [1.165, 1.54) is 19.1 Å². The Labute approximate surface area is 63.4 Å². The average molecular weight is 157 g/mol. The van der Waals surface area contributed by atoms with Gasteiger partial charge in [0.2, 0.25) is 0 Å². The first kappa shape index (κ1) is 7.91. The van der Waals surface area contributed by atoms with Gasteiger partial charge < -0.3 is 0 Å². The predicted octanol–water partition coefficient (Wildman–Crippen LogP) is 1.84. The highest BCUT2D eigenvalue weighted by atomic mass is 19.1. The van der Waals surface area contributed by atoms with Crippen LogP contribution in [0.3, 0.4) is 0 Å². The first-order valence-electron chi connectivity index (χ1n) is 3.24. The molecular weight excluding hydrogens is 149 g/mol. The highest BCUT2D eigenvalue weighted by Gasteiger charge is 2.26. The Morgan fingerprint density at radius 1 is 1.82 bits per heavy atom. The molecule has 0 N–H and O–H groups in total. The van der Waals surface area contributed by atoms with Gasteiger partial charge in [-0.2, -0.15) is 0 Å². The van der Waals surface area contributed by atoms with E-state index >= 15 is 0 Å². The third kappa shape index (κ3) is 1.86. The van der Waals surface area contributed by atoms with Gasteiger partial charge in [-0.15, -0.1) is 0 Å². The molecule has 1 atom stereocenters. The Balaban J connectivity index is 2.89. The second kappa shape index (κ2) is 2.45. The molecule has 1 aliphatic rings. The Hall–Kier alpha value is -1.19. The van der Waals surface area contributed by atoms with Crippen LogP contribution in [0, 0.1) is 10.1 Å². The van der Waals surface area contributed by atoms with E-state index in [1.807, 2.05) is 0 Å². The van der Waals surface area contributed by atoms with Crippen molar-refractivity contribution in [1.82, 2.24) is 0 Å². The van der Waals surface area contributed by atoms with Crippen LogP contribution in [0.25, 0.3) is 0 Å². The molecule has 1 unspecified atom stereocenters. The lowest BCUT2D eigenvalue weighted by Crippen LogP contribution is -2.18. The van der Waals surface area contributed by atoms with Crippen LogP contribution in [0.1, 0.15) is 13.3 Å². The minimum atomic E-state index is -1.56. The van der Waals surface area contributed by atoms with Gasteiger partial charge in [-0.25, -0.2) is 4.39 Å². The maximum absolute atomic E-state index is 13.0. The molecular formula is C7H8FNO2. The van der Waals surface area contributed by atoms with Crippen LogP contribution in [0.5, 0.6) is 0 Å². The number of allylic oxidation sites excluding steroid dienone is 3. The van der Waals surface area contributed by atoms with Crippen LogP contribution in [0.15, 0.2) is 23.9 Å². The van der Waals surface area contributed by atoms with E-state index in [1.54, 1.807) is 0 Å². The van der Waals surface area contributed by atoms with Gasteiger partial charge in [-0.1, -0.05) is 6.08 Å². The highest BCUT2D eigenvalue weighted by Crippen LogP contribution is 2.24. The Morgan fingerprint density at radius 3 is 2.82 bits per heavy atom. The second-order valence-electron chi connectivity index (χ2n) is 2.71. The molecule has 3 nitrogen and oxygen atoms in total. The fraction of sp³-hybridized carbons (Fsp3) is 0.429. The summed E-state index contributed by atoms with van der Waals surface area (Å²) in [6.07, 6.45) is 4.04. The largest absolute Gasteiger partial charge is 0.268 e. The quantitative estimate of drug-likeness (QED) is 0.430. The van der Waals surface area contributed by atoms with Crippen LogP contribution in [-0.4, -0.2) is 10.6 Å². The zero-order chi connectivity index (χ0) is 8.48. The minimum Gasteiger partial charge on any atom is -0.258 e. The number of nitrogens with zero attached hydrogens (tertiary/aromatic N) is 1. The van der Waals surface area contributed by atoms with E-state index in [9.17, 15) is 14.5 Å². The SMILES string of the molecule is CC1(F)C=C([N+](=O)[O-])C=CC1. The van der Waals surface area contributed by atoms with Crippen LogP contribution >= 0.6 is 0 Å². The number of halogens is 1. The molecule has 4 heteroatoms. The summed E-state index contributed by atoms with van der Waals surface area (Å²) in [6, 6.07) is 0. The molecule has 0 aromatic carbocycles. The van der Waals surface area contributed by atoms with Gasteiger partial charge >= 0.3 is 0 Å². The van der Waals surface area contributed by atoms with Crippen molar-refractivity contribution in [2.24, 2.45) is 0 Å². The molecule has 0 heterocycles. The van der Waals surface area contributed by atoms with Crippen molar-refractivity contribution < 1.29 is 9.31 Å². The summed E-state index contributed by atoms with van der Waals surface area (Å²) in [6.45, 7) is 1.32. The topological polar surface area (TPSA) is 43.1 Å². The summed E-state index contributed by atoms with van der Waals surface area (Å²) in [5, 5.41) is 10.2. The van der Waals surface area contributed by atoms with Crippen molar-refractivity contribution in [3.63, 3.8) is 0 Å². The van der Waals surface area contributed by atoms with E-state index < -0.39 is 10.6 Å². The molecule has 0 aliphatic heterocycles. The lowest BCUT2D eigenvalue weighted by Gasteiger charge is -2.14. The fourth-order valence-electron chi connectivity index (χ4n) is 0.939. The molecule has 11 heavy (non-hydrogen) atoms. The number of nitro groups is 1. The number of alkyl halides is 1. The standard InChI is InChI=1S/C7H8FNO2/c1-7(8)4-2-3-6(5-7)9(10)11/h2-3,5H,4H2,1H3. The zero-order valence-electron chi connectivity index (χ0n) is 6.08.